The SMILES string of the molecule is O=C(Nc1c[nH]c2ccccc12)N1CCc2cc(-c3cccc4ccoc34)ccc2C1. The Labute approximate surface area is 179 Å². The Balaban J connectivity index is 1.24. The van der Waals surface area contributed by atoms with Gasteiger partial charge in [-0.1, -0.05) is 54.6 Å². The van der Waals surface area contributed by atoms with Crippen LogP contribution in [-0.2, 0) is 13.0 Å². The third kappa shape index (κ3) is 3.06. The third-order valence-corrected chi connectivity index (χ3v) is 6.13. The molecule has 6 rings (SSSR count). The molecule has 2 amide bonds. The molecule has 1 aliphatic rings. The van der Waals surface area contributed by atoms with Gasteiger partial charge in [-0.2, -0.15) is 0 Å². The van der Waals surface area contributed by atoms with E-state index >= 15 is 0 Å². The zero-order chi connectivity index (χ0) is 20.8. The van der Waals surface area contributed by atoms with Gasteiger partial charge in [-0.25, -0.2) is 4.79 Å². The summed E-state index contributed by atoms with van der Waals surface area (Å²) in [5.74, 6) is 0. The first-order valence-electron chi connectivity index (χ1n) is 10.5. The molecule has 5 heteroatoms. The van der Waals surface area contributed by atoms with Crippen molar-refractivity contribution in [3.05, 3.63) is 90.3 Å². The second-order valence-electron chi connectivity index (χ2n) is 7.98. The molecule has 0 aliphatic carbocycles. The molecule has 3 heterocycles. The highest BCUT2D eigenvalue weighted by Gasteiger charge is 2.22. The average molecular weight is 407 g/mol. The van der Waals surface area contributed by atoms with E-state index < -0.39 is 0 Å². The quantitative estimate of drug-likeness (QED) is 0.367. The molecule has 152 valence electrons. The Morgan fingerprint density at radius 1 is 1.00 bits per heavy atom. The van der Waals surface area contributed by atoms with Crippen LogP contribution in [0.3, 0.4) is 0 Å². The van der Waals surface area contributed by atoms with Crippen LogP contribution in [0.2, 0.25) is 0 Å². The van der Waals surface area contributed by atoms with Crippen molar-refractivity contribution in [2.45, 2.75) is 13.0 Å². The van der Waals surface area contributed by atoms with Crippen molar-refractivity contribution in [2.75, 3.05) is 11.9 Å². The Morgan fingerprint density at radius 3 is 2.90 bits per heavy atom. The topological polar surface area (TPSA) is 61.3 Å². The van der Waals surface area contributed by atoms with E-state index in [0.29, 0.717) is 13.1 Å². The van der Waals surface area contributed by atoms with Crippen LogP contribution in [0.5, 0.6) is 0 Å². The maximum Gasteiger partial charge on any atom is 0.322 e. The van der Waals surface area contributed by atoms with Crippen LogP contribution in [-0.4, -0.2) is 22.5 Å². The highest BCUT2D eigenvalue weighted by atomic mass is 16.3. The molecule has 0 radical (unpaired) electrons. The van der Waals surface area contributed by atoms with Gasteiger partial charge >= 0.3 is 6.03 Å². The summed E-state index contributed by atoms with van der Waals surface area (Å²) in [5, 5.41) is 5.19. The number of carbonyl (C=O) groups is 1. The highest BCUT2D eigenvalue weighted by molar-refractivity contribution is 6.01. The van der Waals surface area contributed by atoms with Crippen LogP contribution in [0.25, 0.3) is 33.0 Å². The summed E-state index contributed by atoms with van der Waals surface area (Å²) >= 11 is 0. The highest BCUT2D eigenvalue weighted by Crippen LogP contribution is 2.32. The lowest BCUT2D eigenvalue weighted by Gasteiger charge is -2.29. The van der Waals surface area contributed by atoms with Gasteiger partial charge < -0.3 is 19.6 Å². The van der Waals surface area contributed by atoms with Crippen LogP contribution in [0.1, 0.15) is 11.1 Å². The zero-order valence-electron chi connectivity index (χ0n) is 16.9. The number of H-pyrrole nitrogens is 1. The Morgan fingerprint density at radius 2 is 1.94 bits per heavy atom. The molecule has 0 spiro atoms. The monoisotopic (exact) mass is 407 g/mol. The Bertz CT molecular complexity index is 1430. The van der Waals surface area contributed by atoms with Gasteiger partial charge in [0.2, 0.25) is 0 Å². The maximum absolute atomic E-state index is 12.9. The van der Waals surface area contributed by atoms with Gasteiger partial charge in [0.05, 0.1) is 12.0 Å². The molecular formula is C26H21N3O2. The van der Waals surface area contributed by atoms with Gasteiger partial charge in [0.25, 0.3) is 0 Å². The van der Waals surface area contributed by atoms with Crippen LogP contribution in [0.4, 0.5) is 10.5 Å². The van der Waals surface area contributed by atoms with Crippen molar-refractivity contribution >= 4 is 33.6 Å². The number of anilines is 1. The molecule has 0 unspecified atom stereocenters. The number of benzene rings is 3. The molecule has 5 aromatic rings. The summed E-state index contributed by atoms with van der Waals surface area (Å²) in [6, 6.07) is 22.6. The van der Waals surface area contributed by atoms with E-state index in [0.717, 1.165) is 45.1 Å². The minimum absolute atomic E-state index is 0.0696. The zero-order valence-corrected chi connectivity index (χ0v) is 16.9. The fourth-order valence-electron chi connectivity index (χ4n) is 4.48. The molecule has 0 saturated heterocycles. The molecule has 1 aliphatic heterocycles. The normalized spacial score (nSPS) is 13.5. The van der Waals surface area contributed by atoms with Crippen molar-refractivity contribution in [1.82, 2.24) is 9.88 Å². The van der Waals surface area contributed by atoms with Crippen LogP contribution < -0.4 is 5.32 Å². The largest absolute Gasteiger partial charge is 0.464 e. The van der Waals surface area contributed by atoms with Crippen LogP contribution in [0.15, 0.2) is 83.6 Å². The van der Waals surface area contributed by atoms with Crippen molar-refractivity contribution in [1.29, 1.82) is 0 Å². The fraction of sp³-hybridized carbons (Fsp3) is 0.115. The van der Waals surface area contributed by atoms with Crippen LogP contribution >= 0.6 is 0 Å². The number of urea groups is 1. The molecule has 31 heavy (non-hydrogen) atoms. The predicted molar refractivity (Wildman–Crippen MR) is 123 cm³/mol. The maximum atomic E-state index is 12.9. The lowest BCUT2D eigenvalue weighted by molar-refractivity contribution is 0.206. The van der Waals surface area contributed by atoms with Gasteiger partial charge in [-0.3, -0.25) is 0 Å². The summed E-state index contributed by atoms with van der Waals surface area (Å²) in [6.45, 7) is 1.30. The number of aromatic amines is 1. The minimum atomic E-state index is -0.0696. The van der Waals surface area contributed by atoms with E-state index in [1.165, 1.54) is 11.1 Å². The summed E-state index contributed by atoms with van der Waals surface area (Å²) in [6.07, 6.45) is 4.41. The molecule has 0 saturated carbocycles. The molecular weight excluding hydrogens is 386 g/mol. The van der Waals surface area contributed by atoms with Crippen LogP contribution in [0, 0.1) is 0 Å². The van der Waals surface area contributed by atoms with Crippen molar-refractivity contribution in [3.8, 4) is 11.1 Å². The summed E-state index contributed by atoms with van der Waals surface area (Å²) in [5.41, 5.74) is 7.47. The molecule has 5 nitrogen and oxygen atoms in total. The van der Waals surface area contributed by atoms with E-state index in [1.807, 2.05) is 41.4 Å². The number of hydrogen-bond acceptors (Lipinski definition) is 2. The van der Waals surface area contributed by atoms with E-state index in [4.69, 9.17) is 4.42 Å². The molecule has 0 atom stereocenters. The summed E-state index contributed by atoms with van der Waals surface area (Å²) in [4.78, 5) is 18.0. The Kier molecular flexibility index (Phi) is 4.06. The van der Waals surface area contributed by atoms with Gasteiger partial charge in [0.15, 0.2) is 0 Å². The lowest BCUT2D eigenvalue weighted by Crippen LogP contribution is -2.38. The number of furan rings is 1. The predicted octanol–water partition coefficient (Wildman–Crippen LogP) is 6.17. The Hall–Kier alpha value is -3.99. The molecule has 0 bridgehead atoms. The number of nitrogens with zero attached hydrogens (tertiary/aromatic N) is 1. The lowest BCUT2D eigenvalue weighted by atomic mass is 9.94. The second kappa shape index (κ2) is 7.06. The minimum Gasteiger partial charge on any atom is -0.464 e. The van der Waals surface area contributed by atoms with E-state index in [-0.39, 0.29) is 6.03 Å². The first-order chi connectivity index (χ1) is 15.3. The summed E-state index contributed by atoms with van der Waals surface area (Å²) in [7, 11) is 0. The smallest absolute Gasteiger partial charge is 0.322 e. The number of hydrogen-bond donors (Lipinski definition) is 2. The second-order valence-corrected chi connectivity index (χ2v) is 7.98. The fourth-order valence-corrected chi connectivity index (χ4v) is 4.48. The van der Waals surface area contributed by atoms with Gasteiger partial charge in [0.1, 0.15) is 5.58 Å². The number of rotatable bonds is 2. The van der Waals surface area contributed by atoms with Gasteiger partial charge in [-0.15, -0.1) is 0 Å². The standard InChI is InChI=1S/C26H21N3O2/c30-26(28-24-15-27-23-7-2-1-5-22(23)24)29-12-10-18-14-19(8-9-20(18)16-29)21-6-3-4-17-11-13-31-25(17)21/h1-9,11,13-15,27H,10,12,16H2,(H,28,30). The molecule has 2 N–H and O–H groups in total. The van der Waals surface area contributed by atoms with Gasteiger partial charge in [0, 0.05) is 41.1 Å². The van der Waals surface area contributed by atoms with Gasteiger partial charge in [-0.05, 0) is 35.2 Å². The average Bonchev–Trinajstić information content (AvgIpc) is 3.45. The van der Waals surface area contributed by atoms with Crippen molar-refractivity contribution < 1.29 is 9.21 Å². The number of amides is 2. The van der Waals surface area contributed by atoms with E-state index in [9.17, 15) is 4.79 Å². The number of nitrogens with one attached hydrogen (secondary N) is 2. The first-order valence-corrected chi connectivity index (χ1v) is 10.5. The first kappa shape index (κ1) is 17.8. The molecule has 3 aromatic carbocycles. The number of fused-ring (bicyclic) bond motifs is 3. The molecule has 0 fully saturated rings. The number of para-hydroxylation sites is 2. The molecule has 2 aromatic heterocycles. The third-order valence-electron chi connectivity index (χ3n) is 6.13. The van der Waals surface area contributed by atoms with E-state index in [2.05, 4.69) is 46.7 Å². The number of carbonyl (C=O) groups excluding carboxylic acids is 1. The summed E-state index contributed by atoms with van der Waals surface area (Å²) < 4.78 is 5.71. The van der Waals surface area contributed by atoms with Crippen molar-refractivity contribution in [3.63, 3.8) is 0 Å². The number of aromatic nitrogens is 1. The van der Waals surface area contributed by atoms with E-state index in [1.54, 1.807) is 6.26 Å². The van der Waals surface area contributed by atoms with Crippen molar-refractivity contribution in [2.24, 2.45) is 0 Å².